The van der Waals surface area contributed by atoms with Crippen molar-refractivity contribution in [1.82, 2.24) is 0 Å². The Bertz CT molecular complexity index is 705. The number of carbonyl (C=O) groups is 2. The molecule has 6 atom stereocenters. The van der Waals surface area contributed by atoms with Gasteiger partial charge in [0, 0.05) is 24.0 Å². The smallest absolute Gasteiger partial charge is 0.334 e. The predicted octanol–water partition coefficient (Wildman–Crippen LogP) is 2.22. The number of hydrogen-bond acceptors (Lipinski definition) is 6. The molecule has 1 N–H and O–H groups in total. The molecule has 0 amide bonds. The third-order valence-electron chi connectivity index (χ3n) is 5.71. The highest BCUT2D eigenvalue weighted by Crippen LogP contribution is 2.47. The lowest BCUT2D eigenvalue weighted by Gasteiger charge is -2.29. The van der Waals surface area contributed by atoms with E-state index in [2.05, 4.69) is 6.58 Å². The van der Waals surface area contributed by atoms with Crippen LogP contribution in [0.2, 0.25) is 0 Å². The van der Waals surface area contributed by atoms with Gasteiger partial charge in [-0.25, -0.2) is 9.59 Å². The maximum absolute atomic E-state index is 12.4. The highest BCUT2D eigenvalue weighted by atomic mass is 16.6. The minimum absolute atomic E-state index is 0.118. The summed E-state index contributed by atoms with van der Waals surface area (Å²) >= 11 is 0. The fourth-order valence-electron chi connectivity index (χ4n) is 3.70. The molecule has 2 saturated heterocycles. The van der Waals surface area contributed by atoms with Crippen LogP contribution in [0.5, 0.6) is 0 Å². The lowest BCUT2D eigenvalue weighted by Crippen LogP contribution is -2.37. The molecule has 0 aromatic carbocycles. The van der Waals surface area contributed by atoms with Crippen LogP contribution in [-0.4, -0.2) is 47.1 Å². The van der Waals surface area contributed by atoms with E-state index in [9.17, 15) is 14.7 Å². The molecule has 6 heteroatoms. The SMILES string of the molecule is C=C1C(=O)O[C@@H]2/C=C(\C)[C@H](O)C[C@H]3O[C@@]3(C)C[C@@H](OC(=O)/C(C)=C/C)[C@H]12. The van der Waals surface area contributed by atoms with Crippen molar-refractivity contribution < 1.29 is 28.9 Å². The van der Waals surface area contributed by atoms with Crippen LogP contribution in [0, 0.1) is 5.92 Å². The molecule has 142 valence electrons. The molecule has 0 radical (unpaired) electrons. The second-order valence-electron chi connectivity index (χ2n) is 7.62. The molecular formula is C20H26O6. The van der Waals surface area contributed by atoms with E-state index in [0.717, 1.165) is 0 Å². The summed E-state index contributed by atoms with van der Waals surface area (Å²) in [5.74, 6) is -1.43. The summed E-state index contributed by atoms with van der Waals surface area (Å²) in [6.07, 6.45) is 2.29. The Morgan fingerprint density at radius 2 is 2.19 bits per heavy atom. The molecule has 1 aliphatic carbocycles. The largest absolute Gasteiger partial charge is 0.458 e. The summed E-state index contributed by atoms with van der Waals surface area (Å²) in [4.78, 5) is 24.5. The van der Waals surface area contributed by atoms with Crippen molar-refractivity contribution in [3.05, 3.63) is 35.5 Å². The van der Waals surface area contributed by atoms with Crippen molar-refractivity contribution in [3.8, 4) is 0 Å². The second-order valence-corrected chi connectivity index (χ2v) is 7.62. The van der Waals surface area contributed by atoms with E-state index >= 15 is 0 Å². The summed E-state index contributed by atoms with van der Waals surface area (Å²) in [5, 5.41) is 10.4. The van der Waals surface area contributed by atoms with Crippen LogP contribution >= 0.6 is 0 Å². The van der Waals surface area contributed by atoms with Gasteiger partial charge in [-0.1, -0.05) is 12.7 Å². The minimum atomic E-state index is -0.667. The zero-order chi connectivity index (χ0) is 19.2. The summed E-state index contributed by atoms with van der Waals surface area (Å²) in [7, 11) is 0. The Morgan fingerprint density at radius 3 is 2.85 bits per heavy atom. The highest BCUT2D eigenvalue weighted by molar-refractivity contribution is 5.92. The van der Waals surface area contributed by atoms with Gasteiger partial charge in [-0.15, -0.1) is 0 Å². The van der Waals surface area contributed by atoms with Crippen molar-refractivity contribution in [1.29, 1.82) is 0 Å². The topological polar surface area (TPSA) is 85.4 Å². The molecule has 26 heavy (non-hydrogen) atoms. The Morgan fingerprint density at radius 1 is 1.50 bits per heavy atom. The molecule has 0 unspecified atom stereocenters. The van der Waals surface area contributed by atoms with E-state index < -0.39 is 41.8 Å². The molecule has 0 aromatic heterocycles. The first-order valence-electron chi connectivity index (χ1n) is 8.94. The van der Waals surface area contributed by atoms with E-state index in [1.807, 2.05) is 6.92 Å². The van der Waals surface area contributed by atoms with Crippen LogP contribution in [0.25, 0.3) is 0 Å². The molecule has 2 aliphatic heterocycles. The lowest BCUT2D eigenvalue weighted by atomic mass is 9.82. The van der Waals surface area contributed by atoms with E-state index in [0.29, 0.717) is 24.0 Å². The number of rotatable bonds is 2. The molecule has 2 fully saturated rings. The first kappa shape index (κ1) is 18.9. The van der Waals surface area contributed by atoms with Crippen molar-refractivity contribution in [2.24, 2.45) is 5.92 Å². The normalized spacial score (nSPS) is 42.1. The van der Waals surface area contributed by atoms with E-state index in [4.69, 9.17) is 14.2 Å². The number of esters is 2. The summed E-state index contributed by atoms with van der Waals surface area (Å²) < 4.78 is 17.0. The average molecular weight is 362 g/mol. The van der Waals surface area contributed by atoms with Gasteiger partial charge in [-0.05, 0) is 39.3 Å². The van der Waals surface area contributed by atoms with Gasteiger partial charge in [0.25, 0.3) is 0 Å². The first-order valence-corrected chi connectivity index (χ1v) is 8.94. The summed E-state index contributed by atoms with van der Waals surface area (Å²) in [6, 6.07) is 0. The number of fused-ring (bicyclic) bond motifs is 2. The van der Waals surface area contributed by atoms with Gasteiger partial charge in [-0.3, -0.25) is 0 Å². The van der Waals surface area contributed by atoms with Crippen LogP contribution in [0.15, 0.2) is 35.5 Å². The molecule has 2 heterocycles. The zero-order valence-electron chi connectivity index (χ0n) is 15.7. The molecule has 0 saturated carbocycles. The number of aliphatic hydroxyl groups excluding tert-OH is 1. The average Bonchev–Trinajstić information content (AvgIpc) is 3.11. The number of epoxide rings is 1. The number of hydrogen-bond donors (Lipinski definition) is 1. The van der Waals surface area contributed by atoms with Crippen molar-refractivity contribution in [2.75, 3.05) is 0 Å². The third-order valence-corrected chi connectivity index (χ3v) is 5.71. The van der Waals surface area contributed by atoms with Crippen molar-refractivity contribution in [3.63, 3.8) is 0 Å². The minimum Gasteiger partial charge on any atom is -0.458 e. The molecular weight excluding hydrogens is 336 g/mol. The quantitative estimate of drug-likeness (QED) is 0.351. The monoisotopic (exact) mass is 362 g/mol. The van der Waals surface area contributed by atoms with Gasteiger partial charge in [0.15, 0.2) is 0 Å². The van der Waals surface area contributed by atoms with Gasteiger partial charge in [0.1, 0.15) is 12.2 Å². The fraction of sp³-hybridized carbons (Fsp3) is 0.600. The van der Waals surface area contributed by atoms with Gasteiger partial charge >= 0.3 is 11.9 Å². The van der Waals surface area contributed by atoms with Gasteiger partial charge < -0.3 is 19.3 Å². The third kappa shape index (κ3) is 3.35. The van der Waals surface area contributed by atoms with Crippen LogP contribution in [-0.2, 0) is 23.8 Å². The molecule has 0 bridgehead atoms. The Kier molecular flexibility index (Phi) is 4.84. The lowest BCUT2D eigenvalue weighted by molar-refractivity contribution is -0.148. The number of ether oxygens (including phenoxy) is 3. The van der Waals surface area contributed by atoms with Crippen LogP contribution in [0.3, 0.4) is 0 Å². The number of carbonyl (C=O) groups excluding carboxylic acids is 2. The van der Waals surface area contributed by atoms with Crippen LogP contribution < -0.4 is 0 Å². The highest BCUT2D eigenvalue weighted by Gasteiger charge is 2.57. The molecule has 0 aromatic rings. The maximum Gasteiger partial charge on any atom is 0.334 e. The molecule has 6 nitrogen and oxygen atoms in total. The Hall–Kier alpha value is -1.92. The van der Waals surface area contributed by atoms with Gasteiger partial charge in [0.05, 0.1) is 23.7 Å². The number of allylic oxidation sites excluding steroid dienone is 1. The zero-order valence-corrected chi connectivity index (χ0v) is 15.7. The first-order chi connectivity index (χ1) is 12.2. The van der Waals surface area contributed by atoms with E-state index in [-0.39, 0.29) is 11.7 Å². The maximum atomic E-state index is 12.4. The fourth-order valence-corrected chi connectivity index (χ4v) is 3.70. The van der Waals surface area contributed by atoms with Gasteiger partial charge in [-0.2, -0.15) is 0 Å². The Balaban J connectivity index is 1.98. The molecule has 3 rings (SSSR count). The van der Waals surface area contributed by atoms with Gasteiger partial charge in [0.2, 0.25) is 0 Å². The summed E-state index contributed by atoms with van der Waals surface area (Å²) in [5.41, 5.74) is 0.974. The summed E-state index contributed by atoms with van der Waals surface area (Å²) in [6.45, 7) is 11.0. The van der Waals surface area contributed by atoms with Crippen LogP contribution in [0.4, 0.5) is 0 Å². The van der Waals surface area contributed by atoms with E-state index in [1.54, 1.807) is 32.9 Å². The predicted molar refractivity (Wildman–Crippen MR) is 94.1 cm³/mol. The standard InChI is InChI=1S/C20H26O6/c1-6-10(2)18(22)25-15-9-20(5)16(26-20)8-13(21)11(3)7-14-17(15)12(4)19(23)24-14/h6-7,13-17,21H,4,8-9H2,1-3,5H3/b10-6+,11-7+/t13-,14-,15-,16-,17-,20+/m1/s1. The second kappa shape index (κ2) is 6.67. The van der Waals surface area contributed by atoms with Crippen LogP contribution in [0.1, 0.15) is 40.5 Å². The van der Waals surface area contributed by atoms with E-state index in [1.165, 1.54) is 0 Å². The molecule has 0 spiro atoms. The number of aliphatic hydroxyl groups is 1. The molecule has 3 aliphatic rings. The van der Waals surface area contributed by atoms with Crippen molar-refractivity contribution >= 4 is 11.9 Å². The van der Waals surface area contributed by atoms with Crippen molar-refractivity contribution in [2.45, 2.75) is 70.6 Å². The Labute approximate surface area is 153 Å².